The van der Waals surface area contributed by atoms with Gasteiger partial charge in [0.15, 0.2) is 4.67 Å². The third-order valence-electron chi connectivity index (χ3n) is 2.19. The second kappa shape index (κ2) is 5.04. The van der Waals surface area contributed by atoms with Gasteiger partial charge in [0.2, 0.25) is 0 Å². The molecular formula is C11H7Br3O2. The highest BCUT2D eigenvalue weighted by Crippen LogP contribution is 2.34. The third-order valence-corrected chi connectivity index (χ3v) is 4.05. The largest absolute Gasteiger partial charge is 0.457 e. The van der Waals surface area contributed by atoms with E-state index in [0.717, 1.165) is 14.5 Å². The van der Waals surface area contributed by atoms with E-state index in [0.29, 0.717) is 10.2 Å². The van der Waals surface area contributed by atoms with E-state index in [-0.39, 0.29) is 0 Å². The lowest BCUT2D eigenvalue weighted by Gasteiger charge is -2.12. The predicted molar refractivity (Wildman–Crippen MR) is 72.3 cm³/mol. The number of hydrogen-bond donors (Lipinski definition) is 1. The Hall–Kier alpha value is -0.100. The van der Waals surface area contributed by atoms with E-state index in [2.05, 4.69) is 47.8 Å². The number of hydrogen-bond acceptors (Lipinski definition) is 2. The molecule has 2 nitrogen and oxygen atoms in total. The van der Waals surface area contributed by atoms with Gasteiger partial charge in [-0.15, -0.1) is 0 Å². The quantitative estimate of drug-likeness (QED) is 0.781. The average molecular weight is 411 g/mol. The highest BCUT2D eigenvalue weighted by molar-refractivity contribution is 9.11. The number of rotatable bonds is 2. The van der Waals surface area contributed by atoms with Crippen molar-refractivity contribution < 1.29 is 9.52 Å². The maximum atomic E-state index is 10.2. The first-order valence-electron chi connectivity index (χ1n) is 4.45. The van der Waals surface area contributed by atoms with Gasteiger partial charge < -0.3 is 9.52 Å². The summed E-state index contributed by atoms with van der Waals surface area (Å²) in [5.74, 6) is 0. The molecule has 16 heavy (non-hydrogen) atoms. The van der Waals surface area contributed by atoms with Gasteiger partial charge in [0.25, 0.3) is 0 Å². The topological polar surface area (TPSA) is 33.4 Å². The second-order valence-electron chi connectivity index (χ2n) is 3.22. The van der Waals surface area contributed by atoms with E-state index in [1.165, 1.54) is 6.26 Å². The monoisotopic (exact) mass is 408 g/mol. The summed E-state index contributed by atoms with van der Waals surface area (Å²) in [7, 11) is 0. The van der Waals surface area contributed by atoms with Crippen LogP contribution in [-0.2, 0) is 0 Å². The molecule has 1 N–H and O–H groups in total. The van der Waals surface area contributed by atoms with Crippen LogP contribution in [0.3, 0.4) is 0 Å². The SMILES string of the molecule is OC(c1cc(Br)ccc1Br)c1ccoc1Br. The molecule has 0 aliphatic heterocycles. The smallest absolute Gasteiger partial charge is 0.175 e. The molecule has 2 aromatic rings. The van der Waals surface area contributed by atoms with Crippen molar-refractivity contribution in [3.8, 4) is 0 Å². The van der Waals surface area contributed by atoms with E-state index in [1.54, 1.807) is 6.07 Å². The summed E-state index contributed by atoms with van der Waals surface area (Å²) in [5, 5.41) is 10.2. The van der Waals surface area contributed by atoms with Crippen LogP contribution in [0.4, 0.5) is 0 Å². The normalized spacial score (nSPS) is 12.8. The molecule has 0 aliphatic rings. The minimum absolute atomic E-state index is 0.548. The van der Waals surface area contributed by atoms with E-state index in [4.69, 9.17) is 4.42 Å². The van der Waals surface area contributed by atoms with Crippen LogP contribution in [0.25, 0.3) is 0 Å². The van der Waals surface area contributed by atoms with Crippen molar-refractivity contribution in [1.29, 1.82) is 0 Å². The Morgan fingerprint density at radius 1 is 1.06 bits per heavy atom. The molecular weight excluding hydrogens is 404 g/mol. The van der Waals surface area contributed by atoms with Gasteiger partial charge in [-0.2, -0.15) is 0 Å². The van der Waals surface area contributed by atoms with Crippen LogP contribution in [0, 0.1) is 0 Å². The van der Waals surface area contributed by atoms with Crippen LogP contribution >= 0.6 is 47.8 Å². The lowest BCUT2D eigenvalue weighted by Crippen LogP contribution is -2.00. The minimum atomic E-state index is -0.722. The summed E-state index contributed by atoms with van der Waals surface area (Å²) in [6.07, 6.45) is 0.814. The van der Waals surface area contributed by atoms with Gasteiger partial charge in [-0.1, -0.05) is 31.9 Å². The molecule has 0 fully saturated rings. The Balaban J connectivity index is 2.45. The second-order valence-corrected chi connectivity index (χ2v) is 5.71. The molecule has 5 heteroatoms. The molecule has 84 valence electrons. The zero-order valence-corrected chi connectivity index (χ0v) is 12.7. The van der Waals surface area contributed by atoms with E-state index >= 15 is 0 Å². The van der Waals surface area contributed by atoms with Gasteiger partial charge in [0.1, 0.15) is 6.10 Å². The molecule has 0 bridgehead atoms. The minimum Gasteiger partial charge on any atom is -0.457 e. The summed E-state index contributed by atoms with van der Waals surface area (Å²) in [6, 6.07) is 7.40. The fourth-order valence-corrected chi connectivity index (χ4v) is 2.69. The van der Waals surface area contributed by atoms with Gasteiger partial charge in [-0.05, 0) is 40.2 Å². The molecule has 0 amide bonds. The van der Waals surface area contributed by atoms with Gasteiger partial charge >= 0.3 is 0 Å². The molecule has 2 rings (SSSR count). The van der Waals surface area contributed by atoms with Crippen molar-refractivity contribution in [2.75, 3.05) is 0 Å². The molecule has 0 aliphatic carbocycles. The standard InChI is InChI=1S/C11H7Br3O2/c12-6-1-2-9(13)8(5-6)10(15)7-3-4-16-11(7)14/h1-5,10,15H. The van der Waals surface area contributed by atoms with Crippen LogP contribution in [0.1, 0.15) is 17.2 Å². The Morgan fingerprint density at radius 3 is 2.44 bits per heavy atom. The predicted octanol–water partition coefficient (Wildman–Crippen LogP) is 4.65. The zero-order valence-electron chi connectivity index (χ0n) is 7.95. The van der Waals surface area contributed by atoms with Crippen LogP contribution in [-0.4, -0.2) is 5.11 Å². The van der Waals surface area contributed by atoms with Crippen molar-refractivity contribution in [3.05, 3.63) is 55.3 Å². The van der Waals surface area contributed by atoms with Crippen LogP contribution < -0.4 is 0 Å². The van der Waals surface area contributed by atoms with Crippen LogP contribution in [0.2, 0.25) is 0 Å². The third kappa shape index (κ3) is 2.42. The van der Waals surface area contributed by atoms with E-state index in [1.807, 2.05) is 18.2 Å². The van der Waals surface area contributed by atoms with Crippen molar-refractivity contribution in [2.45, 2.75) is 6.10 Å². The summed E-state index contributed by atoms with van der Waals surface area (Å²) in [5.41, 5.74) is 1.50. The highest BCUT2D eigenvalue weighted by atomic mass is 79.9. The average Bonchev–Trinajstić information content (AvgIpc) is 2.67. The number of halogens is 3. The zero-order chi connectivity index (χ0) is 11.7. The maximum absolute atomic E-state index is 10.2. The van der Waals surface area contributed by atoms with Crippen LogP contribution in [0.15, 0.2) is 48.6 Å². The summed E-state index contributed by atoms with van der Waals surface area (Å²) >= 11 is 10.0. The van der Waals surface area contributed by atoms with Crippen LogP contribution in [0.5, 0.6) is 0 Å². The van der Waals surface area contributed by atoms with Gasteiger partial charge in [0.05, 0.1) is 6.26 Å². The Bertz CT molecular complexity index is 508. The number of benzene rings is 1. The number of aliphatic hydroxyl groups excluding tert-OH is 1. The fraction of sp³-hybridized carbons (Fsp3) is 0.0909. The maximum Gasteiger partial charge on any atom is 0.175 e. The fourth-order valence-electron chi connectivity index (χ4n) is 1.39. The molecule has 0 radical (unpaired) electrons. The Kier molecular flexibility index (Phi) is 3.89. The lowest BCUT2D eigenvalue weighted by molar-refractivity contribution is 0.217. The lowest BCUT2D eigenvalue weighted by atomic mass is 10.0. The van der Waals surface area contributed by atoms with E-state index < -0.39 is 6.10 Å². The van der Waals surface area contributed by atoms with Crippen molar-refractivity contribution >= 4 is 47.8 Å². The first-order chi connectivity index (χ1) is 7.59. The Labute approximate surface area is 118 Å². The van der Waals surface area contributed by atoms with Gasteiger partial charge in [-0.3, -0.25) is 0 Å². The highest BCUT2D eigenvalue weighted by Gasteiger charge is 2.18. The summed E-state index contributed by atoms with van der Waals surface area (Å²) < 4.78 is 7.43. The molecule has 1 heterocycles. The number of furan rings is 1. The number of aliphatic hydroxyl groups is 1. The molecule has 0 saturated carbocycles. The summed E-state index contributed by atoms with van der Waals surface area (Å²) in [6.45, 7) is 0. The molecule has 1 atom stereocenters. The molecule has 1 aromatic carbocycles. The van der Waals surface area contributed by atoms with Crippen molar-refractivity contribution in [2.24, 2.45) is 0 Å². The van der Waals surface area contributed by atoms with Crippen molar-refractivity contribution in [1.82, 2.24) is 0 Å². The molecule has 0 saturated heterocycles. The first kappa shape index (κ1) is 12.4. The molecule has 0 spiro atoms. The van der Waals surface area contributed by atoms with E-state index in [9.17, 15) is 5.11 Å². The molecule has 1 unspecified atom stereocenters. The van der Waals surface area contributed by atoms with Crippen molar-refractivity contribution in [3.63, 3.8) is 0 Å². The van der Waals surface area contributed by atoms with Gasteiger partial charge in [0, 0.05) is 20.1 Å². The summed E-state index contributed by atoms with van der Waals surface area (Å²) in [4.78, 5) is 0. The Morgan fingerprint density at radius 2 is 1.81 bits per heavy atom. The first-order valence-corrected chi connectivity index (χ1v) is 6.83. The molecule has 1 aromatic heterocycles. The van der Waals surface area contributed by atoms with Gasteiger partial charge in [-0.25, -0.2) is 0 Å².